The number of likely N-dealkylation sites (tertiary alicyclic amines) is 1. The Bertz CT molecular complexity index is 467. The van der Waals surface area contributed by atoms with Crippen LogP contribution >= 0.6 is 11.8 Å². The first-order valence-electron chi connectivity index (χ1n) is 7.80. The van der Waals surface area contributed by atoms with Crippen LogP contribution in [0, 0.1) is 11.3 Å². The lowest BCUT2D eigenvalue weighted by Crippen LogP contribution is -2.40. The van der Waals surface area contributed by atoms with Gasteiger partial charge in [-0.25, -0.2) is 0 Å². The lowest BCUT2D eigenvalue weighted by Gasteiger charge is -2.38. The molecule has 1 fully saturated rings. The largest absolute Gasteiger partial charge is 0.296 e. The molecule has 0 aromatic heterocycles. The number of ketones is 1. The Hall–Kier alpha value is -0.800. The van der Waals surface area contributed by atoms with Crippen molar-refractivity contribution in [2.75, 3.05) is 25.9 Å². The molecule has 0 radical (unpaired) electrons. The summed E-state index contributed by atoms with van der Waals surface area (Å²) >= 11 is 1.71. The van der Waals surface area contributed by atoms with Crippen LogP contribution in [0.2, 0.25) is 0 Å². The standard InChI is InChI=1S/C18H27NOS/c1-18(2,3)15-9-11-19(12-10-15)13-17(20)14-5-7-16(21-4)8-6-14/h5-8,15H,9-13H2,1-4H3. The van der Waals surface area contributed by atoms with E-state index in [1.165, 1.54) is 17.7 Å². The Morgan fingerprint density at radius 1 is 1.19 bits per heavy atom. The summed E-state index contributed by atoms with van der Waals surface area (Å²) in [7, 11) is 0. The Morgan fingerprint density at radius 2 is 1.76 bits per heavy atom. The highest BCUT2D eigenvalue weighted by Crippen LogP contribution is 2.34. The van der Waals surface area contributed by atoms with Crippen molar-refractivity contribution in [3.8, 4) is 0 Å². The zero-order valence-electron chi connectivity index (χ0n) is 13.7. The summed E-state index contributed by atoms with van der Waals surface area (Å²) in [6, 6.07) is 7.97. The van der Waals surface area contributed by atoms with Gasteiger partial charge in [-0.05, 0) is 55.7 Å². The van der Waals surface area contributed by atoms with Crippen LogP contribution in [0.4, 0.5) is 0 Å². The molecule has 0 saturated carbocycles. The van der Waals surface area contributed by atoms with Crippen LogP contribution in [0.1, 0.15) is 44.0 Å². The average Bonchev–Trinajstić information content (AvgIpc) is 2.47. The maximum absolute atomic E-state index is 12.3. The third-order valence-electron chi connectivity index (χ3n) is 4.59. The molecule has 1 aromatic carbocycles. The molecule has 1 saturated heterocycles. The zero-order valence-corrected chi connectivity index (χ0v) is 14.5. The predicted octanol–water partition coefficient (Wildman–Crippen LogP) is 4.35. The molecule has 0 bridgehead atoms. The Morgan fingerprint density at radius 3 is 2.24 bits per heavy atom. The second kappa shape index (κ2) is 6.97. The van der Waals surface area contributed by atoms with E-state index < -0.39 is 0 Å². The van der Waals surface area contributed by atoms with Crippen LogP contribution in [0.15, 0.2) is 29.2 Å². The molecule has 2 rings (SSSR count). The smallest absolute Gasteiger partial charge is 0.176 e. The van der Waals surface area contributed by atoms with E-state index in [-0.39, 0.29) is 5.78 Å². The Labute approximate surface area is 133 Å². The average molecular weight is 305 g/mol. The van der Waals surface area contributed by atoms with Crippen molar-refractivity contribution in [2.45, 2.75) is 38.5 Å². The number of rotatable bonds is 4. The molecule has 1 aromatic rings. The van der Waals surface area contributed by atoms with Gasteiger partial charge in [0.25, 0.3) is 0 Å². The number of hydrogen-bond donors (Lipinski definition) is 0. The summed E-state index contributed by atoms with van der Waals surface area (Å²) in [6.45, 7) is 9.64. The minimum atomic E-state index is 0.247. The molecule has 0 atom stereocenters. The van der Waals surface area contributed by atoms with Gasteiger partial charge in [0, 0.05) is 10.5 Å². The van der Waals surface area contributed by atoms with Crippen molar-refractivity contribution in [1.29, 1.82) is 0 Å². The second-order valence-electron chi connectivity index (χ2n) is 7.07. The van der Waals surface area contributed by atoms with Crippen molar-refractivity contribution in [2.24, 2.45) is 11.3 Å². The Balaban J connectivity index is 1.86. The first kappa shape index (κ1) is 16.6. The number of carbonyl (C=O) groups is 1. The lowest BCUT2D eigenvalue weighted by molar-refractivity contribution is 0.0822. The van der Waals surface area contributed by atoms with Gasteiger partial charge in [0.2, 0.25) is 0 Å². The first-order chi connectivity index (χ1) is 9.90. The maximum atomic E-state index is 12.3. The molecule has 0 amide bonds. The van der Waals surface area contributed by atoms with E-state index in [4.69, 9.17) is 0 Å². The van der Waals surface area contributed by atoms with Crippen LogP contribution in [-0.4, -0.2) is 36.6 Å². The van der Waals surface area contributed by atoms with Gasteiger partial charge in [0.05, 0.1) is 6.54 Å². The van der Waals surface area contributed by atoms with Crippen LogP contribution in [0.25, 0.3) is 0 Å². The molecule has 0 spiro atoms. The van der Waals surface area contributed by atoms with E-state index >= 15 is 0 Å². The summed E-state index contributed by atoms with van der Waals surface area (Å²) < 4.78 is 0. The van der Waals surface area contributed by atoms with E-state index in [1.807, 2.05) is 24.3 Å². The van der Waals surface area contributed by atoms with Gasteiger partial charge >= 0.3 is 0 Å². The topological polar surface area (TPSA) is 20.3 Å². The predicted molar refractivity (Wildman–Crippen MR) is 91.2 cm³/mol. The normalized spacial score (nSPS) is 17.9. The highest BCUT2D eigenvalue weighted by Gasteiger charge is 2.29. The lowest BCUT2D eigenvalue weighted by atomic mass is 9.75. The van der Waals surface area contributed by atoms with E-state index in [0.717, 1.165) is 24.6 Å². The fraction of sp³-hybridized carbons (Fsp3) is 0.611. The van der Waals surface area contributed by atoms with Crippen LogP contribution < -0.4 is 0 Å². The van der Waals surface area contributed by atoms with Crippen molar-refractivity contribution < 1.29 is 4.79 Å². The van der Waals surface area contributed by atoms with E-state index in [0.29, 0.717) is 12.0 Å². The molecule has 0 aliphatic carbocycles. The SMILES string of the molecule is CSc1ccc(C(=O)CN2CCC(C(C)(C)C)CC2)cc1. The molecule has 1 aliphatic rings. The number of benzene rings is 1. The fourth-order valence-electron chi connectivity index (χ4n) is 3.03. The molecular weight excluding hydrogens is 278 g/mol. The molecular formula is C18H27NOS. The van der Waals surface area contributed by atoms with Gasteiger partial charge in [-0.3, -0.25) is 9.69 Å². The maximum Gasteiger partial charge on any atom is 0.176 e. The highest BCUT2D eigenvalue weighted by atomic mass is 32.2. The third kappa shape index (κ3) is 4.58. The van der Waals surface area contributed by atoms with Crippen molar-refractivity contribution in [3.63, 3.8) is 0 Å². The van der Waals surface area contributed by atoms with Gasteiger partial charge in [0.15, 0.2) is 5.78 Å². The molecule has 0 unspecified atom stereocenters. The van der Waals surface area contributed by atoms with E-state index in [1.54, 1.807) is 11.8 Å². The van der Waals surface area contributed by atoms with Gasteiger partial charge in [-0.15, -0.1) is 11.8 Å². The molecule has 3 heteroatoms. The number of nitrogens with zero attached hydrogens (tertiary/aromatic N) is 1. The minimum absolute atomic E-state index is 0.247. The number of piperidine rings is 1. The number of Topliss-reactive ketones (excluding diaryl/α,β-unsaturated/α-hetero) is 1. The van der Waals surface area contributed by atoms with E-state index in [2.05, 4.69) is 31.9 Å². The number of carbonyl (C=O) groups excluding carboxylic acids is 1. The minimum Gasteiger partial charge on any atom is -0.296 e. The van der Waals surface area contributed by atoms with Crippen LogP contribution in [-0.2, 0) is 0 Å². The van der Waals surface area contributed by atoms with E-state index in [9.17, 15) is 4.79 Å². The molecule has 2 nitrogen and oxygen atoms in total. The van der Waals surface area contributed by atoms with Gasteiger partial charge in [0.1, 0.15) is 0 Å². The third-order valence-corrected chi connectivity index (χ3v) is 5.34. The van der Waals surface area contributed by atoms with Crippen LogP contribution in [0.3, 0.4) is 0 Å². The Kier molecular flexibility index (Phi) is 5.50. The molecule has 1 aliphatic heterocycles. The van der Waals surface area contributed by atoms with Gasteiger partial charge in [-0.2, -0.15) is 0 Å². The van der Waals surface area contributed by atoms with Crippen molar-refractivity contribution in [1.82, 2.24) is 4.90 Å². The molecule has 21 heavy (non-hydrogen) atoms. The molecule has 0 N–H and O–H groups in total. The summed E-state index contributed by atoms with van der Waals surface area (Å²) in [5.41, 5.74) is 1.23. The summed E-state index contributed by atoms with van der Waals surface area (Å²) in [6.07, 6.45) is 4.47. The molecule has 1 heterocycles. The quantitative estimate of drug-likeness (QED) is 0.609. The zero-order chi connectivity index (χ0) is 15.5. The van der Waals surface area contributed by atoms with Crippen LogP contribution in [0.5, 0.6) is 0 Å². The number of hydrogen-bond acceptors (Lipinski definition) is 3. The summed E-state index contributed by atoms with van der Waals surface area (Å²) in [5, 5.41) is 0. The fourth-order valence-corrected chi connectivity index (χ4v) is 3.44. The van der Waals surface area contributed by atoms with Gasteiger partial charge in [-0.1, -0.05) is 32.9 Å². The summed E-state index contributed by atoms with van der Waals surface area (Å²) in [5.74, 6) is 1.03. The first-order valence-corrected chi connectivity index (χ1v) is 9.02. The van der Waals surface area contributed by atoms with Crippen molar-refractivity contribution in [3.05, 3.63) is 29.8 Å². The summed E-state index contributed by atoms with van der Waals surface area (Å²) in [4.78, 5) is 15.9. The van der Waals surface area contributed by atoms with Crippen molar-refractivity contribution >= 4 is 17.5 Å². The number of thioether (sulfide) groups is 1. The van der Waals surface area contributed by atoms with Gasteiger partial charge < -0.3 is 0 Å². The monoisotopic (exact) mass is 305 g/mol. The second-order valence-corrected chi connectivity index (χ2v) is 7.95. The highest BCUT2D eigenvalue weighted by molar-refractivity contribution is 7.98. The molecule has 116 valence electrons.